The molecule has 148 valence electrons. The third-order valence-corrected chi connectivity index (χ3v) is 6.66. The number of furan rings is 1. The fraction of sp³-hybridized carbons (Fsp3) is 0. The normalized spacial score (nSPS) is 11.7. The maximum absolute atomic E-state index is 6.92. The predicted octanol–water partition coefficient (Wildman–Crippen LogP) is 1.21. The van der Waals surface area contributed by atoms with E-state index in [1.54, 1.807) is 6.33 Å². The first-order valence-corrected chi connectivity index (χ1v) is 10.8. The standard InChI is InChI=1S/C25H10B5ClN2O/c26-19-18(20(27)22(29)23(30)21(19)28)12-5-3-6-13(24(12)31)33-10-32-25-14(33)8-9-16-17(25)11-4-1-2-7-15(11)34-16/h1-10H. The van der Waals surface area contributed by atoms with E-state index in [4.69, 9.17) is 60.2 Å². The number of rotatable bonds is 2. The highest BCUT2D eigenvalue weighted by Gasteiger charge is 2.19. The first-order valence-electron chi connectivity index (χ1n) is 10.5. The molecule has 0 spiro atoms. The summed E-state index contributed by atoms with van der Waals surface area (Å²) < 4.78 is 7.91. The Bertz CT molecular complexity index is 1760. The minimum atomic E-state index is 0.156. The molecule has 0 aliphatic rings. The molecule has 0 atom stereocenters. The molecule has 4 aromatic carbocycles. The first-order chi connectivity index (χ1) is 16.4. The van der Waals surface area contributed by atoms with E-state index in [-0.39, 0.29) is 27.3 Å². The van der Waals surface area contributed by atoms with Crippen molar-refractivity contribution in [1.82, 2.24) is 9.55 Å². The zero-order valence-electron chi connectivity index (χ0n) is 17.8. The summed E-state index contributed by atoms with van der Waals surface area (Å²) in [5, 5.41) is 2.37. The van der Waals surface area contributed by atoms with Crippen LogP contribution < -0.4 is 27.3 Å². The van der Waals surface area contributed by atoms with Crippen LogP contribution in [0, 0.1) is 0 Å². The third kappa shape index (κ3) is 2.88. The molecule has 0 aliphatic carbocycles. The minimum absolute atomic E-state index is 0.156. The summed E-state index contributed by atoms with van der Waals surface area (Å²) in [4.78, 5) is 4.70. The van der Waals surface area contributed by atoms with Crippen LogP contribution in [0.15, 0.2) is 65.3 Å². The lowest BCUT2D eigenvalue weighted by atomic mass is 9.59. The van der Waals surface area contributed by atoms with Crippen molar-refractivity contribution in [3.63, 3.8) is 0 Å². The third-order valence-electron chi connectivity index (χ3n) is 6.26. The summed E-state index contributed by atoms with van der Waals surface area (Å²) in [5.41, 5.74) is 5.94. The second kappa shape index (κ2) is 7.64. The van der Waals surface area contributed by atoms with Gasteiger partial charge in [-0.25, -0.2) is 4.98 Å². The monoisotopic (exact) mass is 444 g/mol. The number of halogens is 1. The molecule has 0 aliphatic heterocycles. The molecule has 2 aromatic heterocycles. The Morgan fingerprint density at radius 3 is 2.21 bits per heavy atom. The Morgan fingerprint density at radius 1 is 0.735 bits per heavy atom. The number of nitrogens with zero attached hydrogens (tertiary/aromatic N) is 2. The second-order valence-electron chi connectivity index (χ2n) is 8.10. The van der Waals surface area contributed by atoms with Crippen molar-refractivity contribution >= 4 is 111 Å². The number of benzene rings is 4. The van der Waals surface area contributed by atoms with Crippen LogP contribution in [-0.2, 0) is 0 Å². The van der Waals surface area contributed by atoms with Crippen LogP contribution in [0.5, 0.6) is 0 Å². The Labute approximate surface area is 207 Å². The fourth-order valence-electron chi connectivity index (χ4n) is 4.52. The molecule has 3 nitrogen and oxygen atoms in total. The van der Waals surface area contributed by atoms with Crippen LogP contribution >= 0.6 is 11.6 Å². The molecule has 0 amide bonds. The van der Waals surface area contributed by atoms with Crippen molar-refractivity contribution in [3.05, 3.63) is 65.9 Å². The van der Waals surface area contributed by atoms with E-state index in [9.17, 15) is 0 Å². The molecule has 6 aromatic rings. The van der Waals surface area contributed by atoms with Crippen LogP contribution in [0.1, 0.15) is 0 Å². The van der Waals surface area contributed by atoms with Crippen molar-refractivity contribution in [2.24, 2.45) is 0 Å². The zero-order chi connectivity index (χ0) is 23.7. The molecule has 0 bridgehead atoms. The maximum Gasteiger partial charge on any atom is 0.137 e. The smallest absolute Gasteiger partial charge is 0.137 e. The van der Waals surface area contributed by atoms with E-state index >= 15 is 0 Å². The average Bonchev–Trinajstić information content (AvgIpc) is 3.44. The molecule has 9 heteroatoms. The molecule has 2 heterocycles. The molecule has 0 fully saturated rings. The number of hydrogen-bond donors (Lipinski definition) is 0. The molecule has 6 rings (SSSR count). The number of para-hydroxylation sites is 1. The Morgan fingerprint density at radius 2 is 1.44 bits per heavy atom. The van der Waals surface area contributed by atoms with Gasteiger partial charge < -0.3 is 4.42 Å². The molecule has 0 saturated carbocycles. The van der Waals surface area contributed by atoms with Crippen molar-refractivity contribution in [1.29, 1.82) is 0 Å². The lowest BCUT2D eigenvalue weighted by Gasteiger charge is -2.22. The van der Waals surface area contributed by atoms with Gasteiger partial charge in [-0.3, -0.25) is 4.57 Å². The highest BCUT2D eigenvalue weighted by Crippen LogP contribution is 2.37. The van der Waals surface area contributed by atoms with Crippen LogP contribution in [0.4, 0.5) is 0 Å². The average molecular weight is 444 g/mol. The van der Waals surface area contributed by atoms with E-state index in [1.807, 2.05) is 59.2 Å². The predicted molar refractivity (Wildman–Crippen MR) is 146 cm³/mol. The number of imidazole rings is 1. The van der Waals surface area contributed by atoms with Gasteiger partial charge in [-0.05, 0) is 29.8 Å². The maximum atomic E-state index is 6.92. The van der Waals surface area contributed by atoms with Gasteiger partial charge in [-0.15, -0.1) is 16.4 Å². The van der Waals surface area contributed by atoms with Gasteiger partial charge in [0.15, 0.2) is 0 Å². The molecule has 34 heavy (non-hydrogen) atoms. The topological polar surface area (TPSA) is 31.0 Å². The molecular formula is C25H10B5ClN2O. The summed E-state index contributed by atoms with van der Waals surface area (Å²) in [6.45, 7) is 0. The Hall–Kier alpha value is -3.24. The summed E-state index contributed by atoms with van der Waals surface area (Å²) in [5.74, 6) is 0. The van der Waals surface area contributed by atoms with Crippen molar-refractivity contribution in [3.8, 4) is 16.8 Å². The second-order valence-corrected chi connectivity index (χ2v) is 8.48. The summed E-state index contributed by atoms with van der Waals surface area (Å²) in [7, 11) is 30.7. The SMILES string of the molecule is [B]c1c([B])c([B])c(-c2cccc(-n3cnc4c5c(ccc43)oc3ccccc35)c2Cl)c([B])c1[B]. The van der Waals surface area contributed by atoms with Crippen LogP contribution in [0.25, 0.3) is 49.8 Å². The van der Waals surface area contributed by atoms with Gasteiger partial charge in [0.05, 0.1) is 21.6 Å². The largest absolute Gasteiger partial charge is 0.456 e. The number of hydrogen-bond acceptors (Lipinski definition) is 2. The minimum Gasteiger partial charge on any atom is -0.456 e. The van der Waals surface area contributed by atoms with Crippen LogP contribution in [-0.4, -0.2) is 48.8 Å². The highest BCUT2D eigenvalue weighted by molar-refractivity contribution is 6.68. The number of aromatic nitrogens is 2. The molecule has 0 saturated heterocycles. The number of fused-ring (bicyclic) bond motifs is 5. The van der Waals surface area contributed by atoms with Gasteiger partial charge in [-0.2, -0.15) is 0 Å². The summed E-state index contributed by atoms with van der Waals surface area (Å²) in [6.07, 6.45) is 1.73. The highest BCUT2D eigenvalue weighted by atomic mass is 35.5. The van der Waals surface area contributed by atoms with Crippen LogP contribution in [0.2, 0.25) is 5.02 Å². The fourth-order valence-corrected chi connectivity index (χ4v) is 4.83. The Kier molecular flexibility index (Phi) is 4.79. The van der Waals surface area contributed by atoms with Crippen molar-refractivity contribution in [2.75, 3.05) is 0 Å². The van der Waals surface area contributed by atoms with E-state index in [0.29, 0.717) is 21.8 Å². The molecule has 0 N–H and O–H groups in total. The van der Waals surface area contributed by atoms with E-state index in [1.165, 1.54) is 0 Å². The molecular weight excluding hydrogens is 434 g/mol. The van der Waals surface area contributed by atoms with Crippen molar-refractivity contribution in [2.45, 2.75) is 0 Å². The van der Waals surface area contributed by atoms with Gasteiger partial charge in [0, 0.05) is 10.9 Å². The van der Waals surface area contributed by atoms with Gasteiger partial charge in [0.2, 0.25) is 0 Å². The lowest BCUT2D eigenvalue weighted by Crippen LogP contribution is -2.55. The molecule has 0 unspecified atom stereocenters. The summed E-state index contributed by atoms with van der Waals surface area (Å²) >= 11 is 6.92. The Balaban J connectivity index is 1.62. The lowest BCUT2D eigenvalue weighted by molar-refractivity contribution is 0.669. The molecule has 10 radical (unpaired) electrons. The van der Waals surface area contributed by atoms with Crippen LogP contribution in [0.3, 0.4) is 0 Å². The van der Waals surface area contributed by atoms with E-state index in [0.717, 1.165) is 33.0 Å². The van der Waals surface area contributed by atoms with E-state index in [2.05, 4.69) is 0 Å². The van der Waals surface area contributed by atoms with E-state index < -0.39 is 0 Å². The van der Waals surface area contributed by atoms with Crippen molar-refractivity contribution < 1.29 is 4.42 Å². The van der Waals surface area contributed by atoms with Gasteiger partial charge >= 0.3 is 0 Å². The van der Waals surface area contributed by atoms with Gasteiger partial charge in [0.25, 0.3) is 0 Å². The van der Waals surface area contributed by atoms with Gasteiger partial charge in [0.1, 0.15) is 62.2 Å². The summed E-state index contributed by atoms with van der Waals surface area (Å²) in [6, 6.07) is 17.3. The first kappa shape index (κ1) is 21.3. The zero-order valence-corrected chi connectivity index (χ0v) is 18.6. The quantitative estimate of drug-likeness (QED) is 0.377. The van der Waals surface area contributed by atoms with Gasteiger partial charge in [-0.1, -0.05) is 52.9 Å².